The molecule has 0 bridgehead atoms. The van der Waals surface area contributed by atoms with E-state index in [1.165, 1.54) is 12.1 Å². The van der Waals surface area contributed by atoms with E-state index in [9.17, 15) is 18.0 Å². The maximum Gasteiger partial charge on any atom is 0.244 e. The summed E-state index contributed by atoms with van der Waals surface area (Å²) in [5.41, 5.74) is 1.97. The molecule has 2 N–H and O–H groups in total. The summed E-state index contributed by atoms with van der Waals surface area (Å²) in [6.45, 7) is 0.829. The number of sulfonamides is 1. The van der Waals surface area contributed by atoms with Crippen LogP contribution >= 0.6 is 0 Å². The Morgan fingerprint density at radius 3 is 1.55 bits per heavy atom. The van der Waals surface area contributed by atoms with Gasteiger partial charge in [-0.05, 0) is 43.3 Å². The Kier molecular flexibility index (Phi) is 7.17. The number of benzene rings is 3. The van der Waals surface area contributed by atoms with Gasteiger partial charge < -0.3 is 10.6 Å². The number of amides is 2. The van der Waals surface area contributed by atoms with Gasteiger partial charge in [-0.25, -0.2) is 8.42 Å². The van der Waals surface area contributed by atoms with Gasteiger partial charge in [-0.2, -0.15) is 4.31 Å². The minimum Gasteiger partial charge on any atom is -0.325 e. The Morgan fingerprint density at radius 2 is 1.13 bits per heavy atom. The fourth-order valence-electron chi connectivity index (χ4n) is 2.85. The standard InChI is InChI=1S/C23H23N3O4S/c1-18-12-14-21(15-13-18)31(29,30)26(16-22(27)24-19-8-4-2-5-9-19)17-23(28)25-20-10-6-3-7-11-20/h2-15H,16-17H2,1H3,(H,24,27)(H,25,28). The summed E-state index contributed by atoms with van der Waals surface area (Å²) in [5.74, 6) is -1.09. The summed E-state index contributed by atoms with van der Waals surface area (Å²) in [4.78, 5) is 25.1. The Bertz CT molecular complexity index is 1080. The number of rotatable bonds is 8. The van der Waals surface area contributed by atoms with Crippen molar-refractivity contribution in [3.8, 4) is 0 Å². The normalized spacial score (nSPS) is 11.2. The summed E-state index contributed by atoms with van der Waals surface area (Å²) >= 11 is 0. The maximum absolute atomic E-state index is 13.2. The monoisotopic (exact) mass is 437 g/mol. The van der Waals surface area contributed by atoms with Gasteiger partial charge in [0.1, 0.15) is 0 Å². The molecule has 2 amide bonds. The number of hydrogen-bond acceptors (Lipinski definition) is 4. The Hall–Kier alpha value is -3.49. The van der Waals surface area contributed by atoms with Gasteiger partial charge in [-0.3, -0.25) is 9.59 Å². The molecular formula is C23H23N3O4S. The largest absolute Gasteiger partial charge is 0.325 e. The summed E-state index contributed by atoms with van der Waals surface area (Å²) in [7, 11) is -4.08. The molecule has 0 radical (unpaired) electrons. The quantitative estimate of drug-likeness (QED) is 0.565. The zero-order valence-corrected chi connectivity index (χ0v) is 17.8. The molecule has 0 aromatic heterocycles. The van der Waals surface area contributed by atoms with Crippen LogP contribution in [0.4, 0.5) is 11.4 Å². The number of para-hydroxylation sites is 2. The third-order valence-electron chi connectivity index (χ3n) is 4.41. The highest BCUT2D eigenvalue weighted by molar-refractivity contribution is 7.89. The third kappa shape index (κ3) is 6.24. The maximum atomic E-state index is 13.2. The lowest BCUT2D eigenvalue weighted by molar-refractivity contribution is -0.118. The van der Waals surface area contributed by atoms with E-state index in [1.54, 1.807) is 72.8 Å². The van der Waals surface area contributed by atoms with E-state index in [4.69, 9.17) is 0 Å². The van der Waals surface area contributed by atoms with Gasteiger partial charge in [0.25, 0.3) is 0 Å². The first-order valence-corrected chi connectivity index (χ1v) is 11.1. The molecule has 31 heavy (non-hydrogen) atoms. The second-order valence-corrected chi connectivity index (χ2v) is 8.85. The van der Waals surface area contributed by atoms with Crippen LogP contribution in [-0.4, -0.2) is 37.6 Å². The molecule has 0 aliphatic rings. The van der Waals surface area contributed by atoms with Crippen LogP contribution in [0.3, 0.4) is 0 Å². The molecule has 0 aliphatic carbocycles. The van der Waals surface area contributed by atoms with Crippen molar-refractivity contribution in [2.45, 2.75) is 11.8 Å². The van der Waals surface area contributed by atoms with Crippen LogP contribution in [0.15, 0.2) is 89.8 Å². The molecule has 3 rings (SSSR count). The predicted octanol–water partition coefficient (Wildman–Crippen LogP) is 3.26. The van der Waals surface area contributed by atoms with E-state index < -0.39 is 34.9 Å². The molecule has 8 heteroatoms. The van der Waals surface area contributed by atoms with Gasteiger partial charge in [0, 0.05) is 11.4 Å². The Morgan fingerprint density at radius 1 is 0.710 bits per heavy atom. The average Bonchev–Trinajstić information content (AvgIpc) is 2.75. The minimum absolute atomic E-state index is 0.0122. The SMILES string of the molecule is Cc1ccc(S(=O)(=O)N(CC(=O)Nc2ccccc2)CC(=O)Nc2ccccc2)cc1. The molecule has 0 saturated carbocycles. The van der Waals surface area contributed by atoms with Crippen molar-refractivity contribution >= 4 is 33.2 Å². The fraction of sp³-hybridized carbons (Fsp3) is 0.130. The molecule has 0 spiro atoms. The lowest BCUT2D eigenvalue weighted by Gasteiger charge is -2.21. The molecule has 0 heterocycles. The van der Waals surface area contributed by atoms with Crippen molar-refractivity contribution in [2.24, 2.45) is 0 Å². The van der Waals surface area contributed by atoms with Gasteiger partial charge >= 0.3 is 0 Å². The smallest absolute Gasteiger partial charge is 0.244 e. The summed E-state index contributed by atoms with van der Waals surface area (Å²) < 4.78 is 27.2. The second kappa shape index (κ2) is 10.0. The fourth-order valence-corrected chi connectivity index (χ4v) is 4.20. The van der Waals surface area contributed by atoms with Crippen LogP contribution in [0.5, 0.6) is 0 Å². The molecule has 0 aliphatic heterocycles. The molecule has 0 atom stereocenters. The highest BCUT2D eigenvalue weighted by Gasteiger charge is 2.28. The lowest BCUT2D eigenvalue weighted by atomic mass is 10.2. The molecule has 3 aromatic carbocycles. The highest BCUT2D eigenvalue weighted by atomic mass is 32.2. The number of aryl methyl sites for hydroxylation is 1. The van der Waals surface area contributed by atoms with Crippen LogP contribution in [0.2, 0.25) is 0 Å². The molecular weight excluding hydrogens is 414 g/mol. The van der Waals surface area contributed by atoms with Gasteiger partial charge in [0.05, 0.1) is 18.0 Å². The number of nitrogens with zero attached hydrogens (tertiary/aromatic N) is 1. The molecule has 7 nitrogen and oxygen atoms in total. The third-order valence-corrected chi connectivity index (χ3v) is 6.22. The molecule has 0 saturated heterocycles. The van der Waals surface area contributed by atoms with Crippen LogP contribution < -0.4 is 10.6 Å². The number of carbonyl (C=O) groups is 2. The van der Waals surface area contributed by atoms with E-state index in [1.807, 2.05) is 6.92 Å². The second-order valence-electron chi connectivity index (χ2n) is 6.91. The van der Waals surface area contributed by atoms with Crippen molar-refractivity contribution < 1.29 is 18.0 Å². The van der Waals surface area contributed by atoms with Crippen LogP contribution in [0, 0.1) is 6.92 Å². The van der Waals surface area contributed by atoms with E-state index >= 15 is 0 Å². The van der Waals surface area contributed by atoms with Gasteiger partial charge in [0.15, 0.2) is 0 Å². The molecule has 0 fully saturated rings. The van der Waals surface area contributed by atoms with Crippen LogP contribution in [0.25, 0.3) is 0 Å². The molecule has 160 valence electrons. The molecule has 3 aromatic rings. The first-order chi connectivity index (χ1) is 14.8. The average molecular weight is 438 g/mol. The van der Waals surface area contributed by atoms with Crippen molar-refractivity contribution in [1.82, 2.24) is 4.31 Å². The number of carbonyl (C=O) groups excluding carboxylic acids is 2. The summed E-state index contributed by atoms with van der Waals surface area (Å²) in [5, 5.41) is 5.30. The van der Waals surface area contributed by atoms with Gasteiger partial charge in [-0.15, -0.1) is 0 Å². The topological polar surface area (TPSA) is 95.6 Å². The Labute approximate surface area is 181 Å². The lowest BCUT2D eigenvalue weighted by Crippen LogP contribution is -2.42. The minimum atomic E-state index is -4.08. The number of anilines is 2. The first kappa shape index (κ1) is 22.2. The number of hydrogen-bond donors (Lipinski definition) is 2. The zero-order valence-electron chi connectivity index (χ0n) is 17.0. The van der Waals surface area contributed by atoms with E-state index in [-0.39, 0.29) is 4.90 Å². The summed E-state index contributed by atoms with van der Waals surface area (Å²) in [6, 6.07) is 23.6. The van der Waals surface area contributed by atoms with Crippen molar-refractivity contribution in [3.63, 3.8) is 0 Å². The van der Waals surface area contributed by atoms with Crippen LogP contribution in [0.1, 0.15) is 5.56 Å². The van der Waals surface area contributed by atoms with Crippen LogP contribution in [-0.2, 0) is 19.6 Å². The van der Waals surface area contributed by atoms with E-state index in [0.29, 0.717) is 11.4 Å². The predicted molar refractivity (Wildman–Crippen MR) is 120 cm³/mol. The highest BCUT2D eigenvalue weighted by Crippen LogP contribution is 2.17. The summed E-state index contributed by atoms with van der Waals surface area (Å²) in [6.07, 6.45) is 0. The van der Waals surface area contributed by atoms with Crippen molar-refractivity contribution in [1.29, 1.82) is 0 Å². The van der Waals surface area contributed by atoms with E-state index in [0.717, 1.165) is 9.87 Å². The first-order valence-electron chi connectivity index (χ1n) is 9.61. The molecule has 0 unspecified atom stereocenters. The van der Waals surface area contributed by atoms with Gasteiger partial charge in [0.2, 0.25) is 21.8 Å². The van der Waals surface area contributed by atoms with Crippen molar-refractivity contribution in [3.05, 3.63) is 90.5 Å². The zero-order chi connectivity index (χ0) is 22.3. The Balaban J connectivity index is 1.81. The van der Waals surface area contributed by atoms with E-state index in [2.05, 4.69) is 10.6 Å². The van der Waals surface area contributed by atoms with Crippen molar-refractivity contribution in [2.75, 3.05) is 23.7 Å². The number of nitrogens with one attached hydrogen (secondary N) is 2. The van der Waals surface area contributed by atoms with Gasteiger partial charge in [-0.1, -0.05) is 54.1 Å².